The molecule has 3 aromatic rings. The molecule has 0 radical (unpaired) electrons. The van der Waals surface area contributed by atoms with E-state index in [-0.39, 0.29) is 37.0 Å². The first-order valence-corrected chi connectivity index (χ1v) is 11.5. The molecule has 1 amide bonds. The molecule has 7 nitrogen and oxygen atoms in total. The third-order valence-electron chi connectivity index (χ3n) is 5.47. The van der Waals surface area contributed by atoms with Crippen LogP contribution in [0.15, 0.2) is 64.0 Å². The summed E-state index contributed by atoms with van der Waals surface area (Å²) in [5.41, 5.74) is 0.537. The lowest BCUT2D eigenvalue weighted by atomic mass is 10.0. The molecule has 33 heavy (non-hydrogen) atoms. The second-order valence-electron chi connectivity index (χ2n) is 7.55. The van der Waals surface area contributed by atoms with Gasteiger partial charge in [0.1, 0.15) is 17.0 Å². The van der Waals surface area contributed by atoms with Crippen molar-refractivity contribution in [1.29, 1.82) is 0 Å². The highest BCUT2D eigenvalue weighted by Crippen LogP contribution is 2.31. The lowest BCUT2D eigenvalue weighted by Gasteiger charge is -2.34. The van der Waals surface area contributed by atoms with E-state index in [1.165, 1.54) is 4.90 Å². The molecule has 0 saturated carbocycles. The zero-order valence-electron chi connectivity index (χ0n) is 17.5. The van der Waals surface area contributed by atoms with Gasteiger partial charge in [0.05, 0.1) is 10.5 Å². The summed E-state index contributed by atoms with van der Waals surface area (Å²) in [6, 6.07) is 12.5. The summed E-state index contributed by atoms with van der Waals surface area (Å²) in [7, 11) is -3.99. The molecule has 11 heteroatoms. The quantitative estimate of drug-likeness (QED) is 0.568. The van der Waals surface area contributed by atoms with Crippen LogP contribution in [-0.2, 0) is 16.2 Å². The predicted octanol–water partition coefficient (Wildman–Crippen LogP) is 3.82. The Hall–Kier alpha value is -3.18. The van der Waals surface area contributed by atoms with Crippen LogP contribution in [0.2, 0.25) is 0 Å². The van der Waals surface area contributed by atoms with Gasteiger partial charge in [-0.3, -0.25) is 4.79 Å². The molecule has 1 aliphatic heterocycles. The van der Waals surface area contributed by atoms with E-state index in [1.54, 1.807) is 6.92 Å². The Balaban J connectivity index is 1.48. The van der Waals surface area contributed by atoms with Crippen molar-refractivity contribution in [3.05, 3.63) is 71.5 Å². The van der Waals surface area contributed by atoms with Gasteiger partial charge in [-0.05, 0) is 31.2 Å². The molecule has 0 N–H and O–H groups in total. The Morgan fingerprint density at radius 2 is 1.58 bits per heavy atom. The van der Waals surface area contributed by atoms with E-state index in [4.69, 9.17) is 4.52 Å². The van der Waals surface area contributed by atoms with Crippen LogP contribution in [0.25, 0.3) is 11.3 Å². The molecule has 0 unspecified atom stereocenters. The number of hydrogen-bond acceptors (Lipinski definition) is 5. The number of nitrogens with zero attached hydrogens (tertiary/aromatic N) is 3. The van der Waals surface area contributed by atoms with Gasteiger partial charge in [-0.1, -0.05) is 35.5 Å². The molecule has 4 rings (SSSR count). The van der Waals surface area contributed by atoms with Crippen LogP contribution in [0.4, 0.5) is 13.2 Å². The number of aryl methyl sites for hydroxylation is 1. The number of benzene rings is 2. The van der Waals surface area contributed by atoms with E-state index in [0.29, 0.717) is 17.0 Å². The Labute approximate surface area is 188 Å². The van der Waals surface area contributed by atoms with Gasteiger partial charge >= 0.3 is 6.18 Å². The molecular formula is C22H20F3N3O4S. The van der Waals surface area contributed by atoms with Gasteiger partial charge in [0, 0.05) is 31.7 Å². The molecule has 0 aliphatic carbocycles. The van der Waals surface area contributed by atoms with Crippen LogP contribution < -0.4 is 0 Å². The smallest absolute Gasteiger partial charge is 0.360 e. The maximum Gasteiger partial charge on any atom is 0.416 e. The maximum absolute atomic E-state index is 13.2. The molecule has 1 aromatic heterocycles. The van der Waals surface area contributed by atoms with Gasteiger partial charge in [0.15, 0.2) is 0 Å². The minimum Gasteiger partial charge on any atom is -0.360 e. The van der Waals surface area contributed by atoms with Gasteiger partial charge in [0.25, 0.3) is 5.91 Å². The fourth-order valence-electron chi connectivity index (χ4n) is 3.67. The van der Waals surface area contributed by atoms with Crippen molar-refractivity contribution in [1.82, 2.24) is 14.4 Å². The van der Waals surface area contributed by atoms with Crippen molar-refractivity contribution in [3.63, 3.8) is 0 Å². The molecule has 0 atom stereocenters. The van der Waals surface area contributed by atoms with Crippen molar-refractivity contribution in [2.45, 2.75) is 18.0 Å². The monoisotopic (exact) mass is 479 g/mol. The van der Waals surface area contributed by atoms with Crippen LogP contribution in [0, 0.1) is 6.92 Å². The number of piperazine rings is 1. The average molecular weight is 479 g/mol. The summed E-state index contributed by atoms with van der Waals surface area (Å²) in [4.78, 5) is 14.5. The fourth-order valence-corrected chi connectivity index (χ4v) is 5.09. The minimum absolute atomic E-state index is 0.0140. The highest BCUT2D eigenvalue weighted by molar-refractivity contribution is 7.89. The molecule has 174 valence electrons. The number of aromatic nitrogens is 1. The summed E-state index contributed by atoms with van der Waals surface area (Å²) in [6.07, 6.45) is -4.55. The molecule has 1 aliphatic rings. The molecule has 2 heterocycles. The summed E-state index contributed by atoms with van der Waals surface area (Å²) in [5.74, 6) is 0.0397. The van der Waals surface area contributed by atoms with Gasteiger partial charge in [-0.15, -0.1) is 0 Å². The number of amides is 1. The lowest BCUT2D eigenvalue weighted by Crippen LogP contribution is -2.50. The Morgan fingerprint density at radius 1 is 0.970 bits per heavy atom. The number of sulfonamides is 1. The van der Waals surface area contributed by atoms with Crippen molar-refractivity contribution < 1.29 is 30.9 Å². The highest BCUT2D eigenvalue weighted by atomic mass is 32.2. The lowest BCUT2D eigenvalue weighted by molar-refractivity contribution is -0.137. The van der Waals surface area contributed by atoms with Crippen molar-refractivity contribution in [2.75, 3.05) is 26.2 Å². The number of carbonyl (C=O) groups excluding carboxylic acids is 1. The highest BCUT2D eigenvalue weighted by Gasteiger charge is 2.34. The van der Waals surface area contributed by atoms with E-state index in [9.17, 15) is 26.4 Å². The Bertz CT molecular complexity index is 1250. The molecule has 0 spiro atoms. The average Bonchev–Trinajstić information content (AvgIpc) is 3.20. The van der Waals surface area contributed by atoms with Crippen molar-refractivity contribution in [2.24, 2.45) is 0 Å². The SMILES string of the molecule is Cc1onc(-c2ccccc2)c1C(=O)N1CCN(S(=O)(=O)c2ccc(C(F)(F)F)cc2)CC1. The summed E-state index contributed by atoms with van der Waals surface area (Å²) >= 11 is 0. The third-order valence-corrected chi connectivity index (χ3v) is 7.38. The maximum atomic E-state index is 13.2. The second-order valence-corrected chi connectivity index (χ2v) is 9.48. The molecule has 1 saturated heterocycles. The number of rotatable bonds is 4. The normalized spacial score (nSPS) is 15.6. The van der Waals surface area contributed by atoms with Crippen LogP contribution >= 0.6 is 0 Å². The van der Waals surface area contributed by atoms with Crippen LogP contribution in [-0.4, -0.2) is 54.9 Å². The topological polar surface area (TPSA) is 83.7 Å². The molecule has 0 bridgehead atoms. The van der Waals surface area contributed by atoms with Gasteiger partial charge in [0.2, 0.25) is 10.0 Å². The first-order chi connectivity index (χ1) is 15.6. The Morgan fingerprint density at radius 3 is 2.15 bits per heavy atom. The molecule has 2 aromatic carbocycles. The first kappa shape index (κ1) is 23.0. The standard InChI is InChI=1S/C22H20F3N3O4S/c1-15-19(20(26-32-15)16-5-3-2-4-6-16)21(29)27-11-13-28(14-12-27)33(30,31)18-9-7-17(8-10-18)22(23,24)25/h2-10H,11-14H2,1H3. The van der Waals surface area contributed by atoms with E-state index in [1.807, 2.05) is 30.3 Å². The number of alkyl halides is 3. The van der Waals surface area contributed by atoms with Crippen LogP contribution in [0.1, 0.15) is 21.7 Å². The predicted molar refractivity (Wildman–Crippen MR) is 113 cm³/mol. The molecule has 1 fully saturated rings. The van der Waals surface area contributed by atoms with Crippen molar-refractivity contribution in [3.8, 4) is 11.3 Å². The van der Waals surface area contributed by atoms with Crippen molar-refractivity contribution >= 4 is 15.9 Å². The summed E-state index contributed by atoms with van der Waals surface area (Å²) < 4.78 is 70.4. The van der Waals surface area contributed by atoms with E-state index in [0.717, 1.165) is 34.1 Å². The fraction of sp³-hybridized carbons (Fsp3) is 0.273. The second kappa shape index (κ2) is 8.64. The van der Waals surface area contributed by atoms with Crippen LogP contribution in [0.3, 0.4) is 0 Å². The third kappa shape index (κ3) is 4.51. The zero-order valence-corrected chi connectivity index (χ0v) is 18.4. The summed E-state index contributed by atoms with van der Waals surface area (Å²) in [5, 5.41) is 4.01. The zero-order chi connectivity index (χ0) is 23.8. The van der Waals surface area contributed by atoms with Gasteiger partial charge < -0.3 is 9.42 Å². The number of halogens is 3. The van der Waals surface area contributed by atoms with Gasteiger partial charge in [-0.2, -0.15) is 17.5 Å². The number of carbonyl (C=O) groups is 1. The number of hydrogen-bond donors (Lipinski definition) is 0. The molecular weight excluding hydrogens is 459 g/mol. The summed E-state index contributed by atoms with van der Waals surface area (Å²) in [6.45, 7) is 1.91. The van der Waals surface area contributed by atoms with E-state index in [2.05, 4.69) is 5.16 Å². The minimum atomic E-state index is -4.55. The van der Waals surface area contributed by atoms with E-state index >= 15 is 0 Å². The van der Waals surface area contributed by atoms with Gasteiger partial charge in [-0.25, -0.2) is 8.42 Å². The first-order valence-electron chi connectivity index (χ1n) is 10.1. The van der Waals surface area contributed by atoms with Crippen LogP contribution in [0.5, 0.6) is 0 Å². The van der Waals surface area contributed by atoms with E-state index < -0.39 is 21.8 Å². The largest absolute Gasteiger partial charge is 0.416 e. The Kier molecular flexibility index (Phi) is 6.02.